The number of amidine groups is 1. The molecule has 4 heteroatoms. The second-order valence-electron chi connectivity index (χ2n) is 5.29. The summed E-state index contributed by atoms with van der Waals surface area (Å²) in [6, 6.07) is 0.451. The van der Waals surface area contributed by atoms with Crippen molar-refractivity contribution >= 4 is 16.9 Å². The van der Waals surface area contributed by atoms with E-state index in [0.717, 1.165) is 24.8 Å². The van der Waals surface area contributed by atoms with Crippen LogP contribution in [-0.2, 0) is 4.74 Å². The molecule has 0 radical (unpaired) electrons. The molecule has 16 heavy (non-hydrogen) atoms. The lowest BCUT2D eigenvalue weighted by molar-refractivity contribution is 0.0374. The van der Waals surface area contributed by atoms with E-state index in [0.29, 0.717) is 11.3 Å². The first-order chi connectivity index (χ1) is 7.57. The summed E-state index contributed by atoms with van der Waals surface area (Å²) in [5, 5.41) is 5.36. The molecule has 2 aliphatic heterocycles. The van der Waals surface area contributed by atoms with Crippen molar-refractivity contribution in [1.82, 2.24) is 5.32 Å². The number of nitrogens with zero attached hydrogens (tertiary/aromatic N) is 1. The van der Waals surface area contributed by atoms with Gasteiger partial charge in [0.15, 0.2) is 5.17 Å². The Morgan fingerprint density at radius 2 is 2.31 bits per heavy atom. The molecule has 0 aromatic heterocycles. The van der Waals surface area contributed by atoms with Gasteiger partial charge in [0, 0.05) is 11.9 Å². The zero-order chi connectivity index (χ0) is 11.6. The summed E-state index contributed by atoms with van der Waals surface area (Å²) >= 11 is 1.87. The lowest BCUT2D eigenvalue weighted by atomic mass is 9.95. The van der Waals surface area contributed by atoms with Crippen molar-refractivity contribution < 1.29 is 4.74 Å². The first kappa shape index (κ1) is 12.2. The SMILES string of the molecule is CC1CC(C)SC(NC2(C)CCCOC2)=N1. The quantitative estimate of drug-likeness (QED) is 0.766. The summed E-state index contributed by atoms with van der Waals surface area (Å²) < 4.78 is 5.55. The maximum Gasteiger partial charge on any atom is 0.157 e. The van der Waals surface area contributed by atoms with Crippen LogP contribution < -0.4 is 5.32 Å². The van der Waals surface area contributed by atoms with Gasteiger partial charge in [0.05, 0.1) is 18.2 Å². The van der Waals surface area contributed by atoms with Gasteiger partial charge in [-0.25, -0.2) is 0 Å². The Morgan fingerprint density at radius 3 is 2.94 bits per heavy atom. The molecule has 1 N–H and O–H groups in total. The van der Waals surface area contributed by atoms with Gasteiger partial charge in [-0.1, -0.05) is 18.7 Å². The second kappa shape index (κ2) is 4.96. The number of rotatable bonds is 1. The van der Waals surface area contributed by atoms with Crippen LogP contribution >= 0.6 is 11.8 Å². The van der Waals surface area contributed by atoms with Crippen molar-refractivity contribution in [3.05, 3.63) is 0 Å². The van der Waals surface area contributed by atoms with Crippen molar-refractivity contribution in [1.29, 1.82) is 0 Å². The fraction of sp³-hybridized carbons (Fsp3) is 0.917. The van der Waals surface area contributed by atoms with Crippen LogP contribution in [0.15, 0.2) is 4.99 Å². The largest absolute Gasteiger partial charge is 0.379 e. The van der Waals surface area contributed by atoms with Crippen molar-refractivity contribution in [2.45, 2.75) is 56.9 Å². The zero-order valence-electron chi connectivity index (χ0n) is 10.5. The Balaban J connectivity index is 1.97. The van der Waals surface area contributed by atoms with Crippen LogP contribution in [-0.4, -0.2) is 35.2 Å². The fourth-order valence-electron chi connectivity index (χ4n) is 2.35. The number of nitrogens with one attached hydrogen (secondary N) is 1. The van der Waals surface area contributed by atoms with Gasteiger partial charge >= 0.3 is 0 Å². The summed E-state index contributed by atoms with van der Waals surface area (Å²) in [5.41, 5.74) is 0.0842. The van der Waals surface area contributed by atoms with Gasteiger partial charge in [0.1, 0.15) is 0 Å². The molecule has 0 saturated carbocycles. The van der Waals surface area contributed by atoms with Gasteiger partial charge in [-0.2, -0.15) is 0 Å². The normalized spacial score (nSPS) is 40.3. The standard InChI is InChI=1S/C12H22N2OS/c1-9-7-10(2)16-11(13-9)14-12(3)5-4-6-15-8-12/h9-10H,4-8H2,1-3H3,(H,13,14). The molecule has 2 rings (SSSR count). The molecule has 1 saturated heterocycles. The Bertz CT molecular complexity index is 274. The third kappa shape index (κ3) is 3.14. The first-order valence-corrected chi connectivity index (χ1v) is 7.06. The smallest absolute Gasteiger partial charge is 0.157 e. The molecule has 3 nitrogen and oxygen atoms in total. The molecule has 0 aromatic rings. The maximum atomic E-state index is 5.55. The van der Waals surface area contributed by atoms with Crippen LogP contribution in [0.4, 0.5) is 0 Å². The van der Waals surface area contributed by atoms with Crippen LogP contribution in [0.5, 0.6) is 0 Å². The molecule has 92 valence electrons. The predicted molar refractivity (Wildman–Crippen MR) is 70.2 cm³/mol. The number of hydrogen-bond donors (Lipinski definition) is 1. The van der Waals surface area contributed by atoms with E-state index < -0.39 is 0 Å². The van der Waals surface area contributed by atoms with Gasteiger partial charge in [-0.15, -0.1) is 0 Å². The third-order valence-electron chi connectivity index (χ3n) is 3.17. The van der Waals surface area contributed by atoms with E-state index in [1.54, 1.807) is 0 Å². The van der Waals surface area contributed by atoms with E-state index in [2.05, 4.69) is 31.1 Å². The van der Waals surface area contributed by atoms with Crippen molar-refractivity contribution in [3.63, 3.8) is 0 Å². The van der Waals surface area contributed by atoms with Crippen LogP contribution in [0, 0.1) is 0 Å². The van der Waals surface area contributed by atoms with Crippen molar-refractivity contribution in [3.8, 4) is 0 Å². The molecular weight excluding hydrogens is 220 g/mol. The molecule has 0 bridgehead atoms. The van der Waals surface area contributed by atoms with E-state index in [-0.39, 0.29) is 5.54 Å². The number of ether oxygens (including phenoxy) is 1. The Hall–Kier alpha value is -0.220. The van der Waals surface area contributed by atoms with E-state index in [1.165, 1.54) is 12.8 Å². The second-order valence-corrected chi connectivity index (χ2v) is 6.72. The third-order valence-corrected chi connectivity index (χ3v) is 4.20. The molecule has 1 fully saturated rings. The monoisotopic (exact) mass is 242 g/mol. The number of aliphatic imine (C=N–C) groups is 1. The predicted octanol–water partition coefficient (Wildman–Crippen LogP) is 2.42. The summed E-state index contributed by atoms with van der Waals surface area (Å²) in [6.07, 6.45) is 3.50. The van der Waals surface area contributed by atoms with E-state index in [1.807, 2.05) is 11.8 Å². The number of hydrogen-bond acceptors (Lipinski definition) is 4. The molecule has 3 atom stereocenters. The van der Waals surface area contributed by atoms with Crippen molar-refractivity contribution in [2.24, 2.45) is 4.99 Å². The van der Waals surface area contributed by atoms with Crippen LogP contribution in [0.1, 0.15) is 40.0 Å². The lowest BCUT2D eigenvalue weighted by Gasteiger charge is -2.37. The average molecular weight is 242 g/mol. The molecule has 0 aromatic carbocycles. The molecule has 3 unspecified atom stereocenters. The molecule has 2 heterocycles. The summed E-state index contributed by atoms with van der Waals surface area (Å²) in [4.78, 5) is 4.68. The number of thioether (sulfide) groups is 1. The van der Waals surface area contributed by atoms with E-state index in [4.69, 9.17) is 4.74 Å². The highest BCUT2D eigenvalue weighted by molar-refractivity contribution is 8.14. The molecule has 2 aliphatic rings. The van der Waals surface area contributed by atoms with Crippen LogP contribution in [0.25, 0.3) is 0 Å². The minimum atomic E-state index is 0.0842. The van der Waals surface area contributed by atoms with Crippen molar-refractivity contribution in [2.75, 3.05) is 13.2 Å². The highest BCUT2D eigenvalue weighted by Gasteiger charge is 2.30. The molecule has 0 amide bonds. The molecule has 0 aliphatic carbocycles. The van der Waals surface area contributed by atoms with Gasteiger partial charge in [-0.05, 0) is 33.1 Å². The van der Waals surface area contributed by atoms with Gasteiger partial charge in [0.2, 0.25) is 0 Å². The van der Waals surface area contributed by atoms with E-state index >= 15 is 0 Å². The summed E-state index contributed by atoms with van der Waals surface area (Å²) in [6.45, 7) is 8.41. The molecular formula is C12H22N2OS. The average Bonchev–Trinajstić information content (AvgIpc) is 2.15. The van der Waals surface area contributed by atoms with Gasteiger partial charge < -0.3 is 10.1 Å². The highest BCUT2D eigenvalue weighted by Crippen LogP contribution is 2.27. The van der Waals surface area contributed by atoms with Crippen LogP contribution in [0.2, 0.25) is 0 Å². The first-order valence-electron chi connectivity index (χ1n) is 6.18. The van der Waals surface area contributed by atoms with E-state index in [9.17, 15) is 0 Å². The fourth-order valence-corrected chi connectivity index (χ4v) is 3.66. The Labute approximate surface area is 102 Å². The molecule has 0 spiro atoms. The highest BCUT2D eigenvalue weighted by atomic mass is 32.2. The lowest BCUT2D eigenvalue weighted by Crippen LogP contribution is -2.51. The summed E-state index contributed by atoms with van der Waals surface area (Å²) in [7, 11) is 0. The Kier molecular flexibility index (Phi) is 3.80. The Morgan fingerprint density at radius 1 is 1.50 bits per heavy atom. The zero-order valence-corrected chi connectivity index (χ0v) is 11.3. The summed E-state index contributed by atoms with van der Waals surface area (Å²) in [5.74, 6) is 0. The topological polar surface area (TPSA) is 33.6 Å². The minimum Gasteiger partial charge on any atom is -0.379 e. The van der Waals surface area contributed by atoms with Crippen LogP contribution in [0.3, 0.4) is 0 Å². The maximum absolute atomic E-state index is 5.55. The van der Waals surface area contributed by atoms with Gasteiger partial charge in [0.25, 0.3) is 0 Å². The minimum absolute atomic E-state index is 0.0842. The van der Waals surface area contributed by atoms with Gasteiger partial charge in [-0.3, -0.25) is 4.99 Å².